The number of carboxylic acid groups (broad SMARTS) is 1. The maximum atomic E-state index is 10.9. The lowest BCUT2D eigenvalue weighted by Gasteiger charge is -2.13. The zero-order valence-corrected chi connectivity index (χ0v) is 11.8. The first kappa shape index (κ1) is 13.4. The van der Waals surface area contributed by atoms with Crippen LogP contribution in [0.2, 0.25) is 0 Å². The molecule has 1 heterocycles. The molecule has 3 heteroatoms. The first-order chi connectivity index (χ1) is 8.90. The summed E-state index contributed by atoms with van der Waals surface area (Å²) in [5.41, 5.74) is 6.51. The lowest BCUT2D eigenvalue weighted by Crippen LogP contribution is -2.04. The van der Waals surface area contributed by atoms with Crippen LogP contribution in [0, 0.1) is 27.7 Å². The first-order valence-electron chi connectivity index (χ1n) is 6.37. The van der Waals surface area contributed by atoms with Crippen LogP contribution < -0.4 is 0 Å². The van der Waals surface area contributed by atoms with E-state index in [1.807, 2.05) is 19.9 Å². The van der Waals surface area contributed by atoms with Gasteiger partial charge in [0.2, 0.25) is 0 Å². The normalized spacial score (nSPS) is 10.7. The average Bonchev–Trinajstić information content (AvgIpc) is 2.55. The van der Waals surface area contributed by atoms with E-state index in [0.29, 0.717) is 0 Å². The molecule has 0 atom stereocenters. The number of aromatic nitrogens is 1. The Kier molecular flexibility index (Phi) is 3.47. The van der Waals surface area contributed by atoms with Crippen molar-refractivity contribution in [3.8, 4) is 5.69 Å². The molecule has 1 N–H and O–H groups in total. The Hall–Kier alpha value is -2.03. The van der Waals surface area contributed by atoms with E-state index >= 15 is 0 Å². The molecule has 0 unspecified atom stereocenters. The second-order valence-corrected chi connectivity index (χ2v) is 5.09. The highest BCUT2D eigenvalue weighted by Crippen LogP contribution is 2.24. The van der Waals surface area contributed by atoms with Gasteiger partial charge in [0.05, 0.1) is 6.42 Å². The van der Waals surface area contributed by atoms with Crippen molar-refractivity contribution in [2.45, 2.75) is 34.1 Å². The first-order valence-corrected chi connectivity index (χ1v) is 6.37. The van der Waals surface area contributed by atoms with Crippen molar-refractivity contribution in [1.29, 1.82) is 0 Å². The van der Waals surface area contributed by atoms with E-state index in [1.54, 1.807) is 0 Å². The van der Waals surface area contributed by atoms with Gasteiger partial charge in [0, 0.05) is 17.1 Å². The van der Waals surface area contributed by atoms with Crippen molar-refractivity contribution in [3.05, 3.63) is 52.3 Å². The molecule has 0 aliphatic rings. The van der Waals surface area contributed by atoms with Crippen LogP contribution in [-0.2, 0) is 11.2 Å². The number of benzene rings is 1. The van der Waals surface area contributed by atoms with Crippen LogP contribution in [0.15, 0.2) is 24.3 Å². The van der Waals surface area contributed by atoms with Gasteiger partial charge in [-0.1, -0.05) is 17.7 Å². The number of carboxylic acids is 1. The van der Waals surface area contributed by atoms with E-state index < -0.39 is 5.97 Å². The number of hydrogen-bond acceptors (Lipinski definition) is 1. The van der Waals surface area contributed by atoms with Gasteiger partial charge in [-0.15, -0.1) is 0 Å². The molecule has 19 heavy (non-hydrogen) atoms. The maximum absolute atomic E-state index is 10.9. The lowest BCUT2D eigenvalue weighted by atomic mass is 10.1. The molecule has 0 fully saturated rings. The van der Waals surface area contributed by atoms with E-state index in [-0.39, 0.29) is 6.42 Å². The van der Waals surface area contributed by atoms with E-state index in [1.165, 1.54) is 11.1 Å². The second-order valence-electron chi connectivity index (χ2n) is 5.09. The fourth-order valence-corrected chi connectivity index (χ4v) is 2.60. The molecule has 0 bridgehead atoms. The number of carbonyl (C=O) groups is 1. The third kappa shape index (κ3) is 2.55. The molecular weight excluding hydrogens is 238 g/mol. The molecular formula is C16H19NO2. The van der Waals surface area contributed by atoms with Crippen LogP contribution in [-0.4, -0.2) is 15.6 Å². The number of aryl methyl sites for hydroxylation is 3. The van der Waals surface area contributed by atoms with Gasteiger partial charge in [0.15, 0.2) is 0 Å². The van der Waals surface area contributed by atoms with Crippen LogP contribution in [0.3, 0.4) is 0 Å². The number of hydrogen-bond donors (Lipinski definition) is 1. The molecule has 0 amide bonds. The summed E-state index contributed by atoms with van der Waals surface area (Å²) < 4.78 is 2.13. The Bertz CT molecular complexity index is 638. The highest BCUT2D eigenvalue weighted by Gasteiger charge is 2.14. The summed E-state index contributed by atoms with van der Waals surface area (Å²) in [6.45, 7) is 8.14. The second kappa shape index (κ2) is 4.92. The minimum absolute atomic E-state index is 0.0740. The van der Waals surface area contributed by atoms with Crippen molar-refractivity contribution in [2.24, 2.45) is 0 Å². The SMILES string of the molecule is Cc1ccc(-n2c(C)cc(CC(=O)O)c2C)c(C)c1. The molecule has 0 saturated carbocycles. The summed E-state index contributed by atoms with van der Waals surface area (Å²) in [5, 5.41) is 8.94. The molecule has 1 aromatic carbocycles. The summed E-state index contributed by atoms with van der Waals surface area (Å²) in [6.07, 6.45) is 0.0740. The molecule has 0 saturated heterocycles. The fraction of sp³-hybridized carbons (Fsp3) is 0.312. The Morgan fingerprint density at radius 1 is 1.16 bits per heavy atom. The topological polar surface area (TPSA) is 42.2 Å². The predicted molar refractivity (Wildman–Crippen MR) is 76.1 cm³/mol. The number of rotatable bonds is 3. The number of nitrogens with zero attached hydrogens (tertiary/aromatic N) is 1. The third-order valence-corrected chi connectivity index (χ3v) is 3.47. The van der Waals surface area contributed by atoms with Crippen molar-refractivity contribution in [1.82, 2.24) is 4.57 Å². The Morgan fingerprint density at radius 2 is 1.84 bits per heavy atom. The summed E-state index contributed by atoms with van der Waals surface area (Å²) in [5.74, 6) is -0.791. The minimum atomic E-state index is -0.791. The van der Waals surface area contributed by atoms with Gasteiger partial charge in [0.1, 0.15) is 0 Å². The van der Waals surface area contributed by atoms with Gasteiger partial charge in [-0.2, -0.15) is 0 Å². The van der Waals surface area contributed by atoms with Crippen LogP contribution in [0.25, 0.3) is 5.69 Å². The van der Waals surface area contributed by atoms with E-state index in [0.717, 1.165) is 22.6 Å². The molecule has 1 aromatic heterocycles. The van der Waals surface area contributed by atoms with Gasteiger partial charge < -0.3 is 9.67 Å². The molecule has 2 aromatic rings. The highest BCUT2D eigenvalue weighted by atomic mass is 16.4. The molecule has 3 nitrogen and oxygen atoms in total. The summed E-state index contributed by atoms with van der Waals surface area (Å²) in [4.78, 5) is 10.9. The van der Waals surface area contributed by atoms with E-state index in [4.69, 9.17) is 5.11 Å². The lowest BCUT2D eigenvalue weighted by molar-refractivity contribution is -0.136. The monoisotopic (exact) mass is 257 g/mol. The Morgan fingerprint density at radius 3 is 2.42 bits per heavy atom. The predicted octanol–water partition coefficient (Wildman–Crippen LogP) is 3.34. The number of aliphatic carboxylic acids is 1. The molecule has 0 aliphatic heterocycles. The maximum Gasteiger partial charge on any atom is 0.307 e. The van der Waals surface area contributed by atoms with Crippen molar-refractivity contribution < 1.29 is 9.90 Å². The smallest absolute Gasteiger partial charge is 0.307 e. The molecule has 0 radical (unpaired) electrons. The van der Waals surface area contributed by atoms with Crippen molar-refractivity contribution >= 4 is 5.97 Å². The fourth-order valence-electron chi connectivity index (χ4n) is 2.60. The summed E-state index contributed by atoms with van der Waals surface area (Å²) >= 11 is 0. The van der Waals surface area contributed by atoms with E-state index in [2.05, 4.69) is 36.6 Å². The van der Waals surface area contributed by atoms with Crippen LogP contribution in [0.1, 0.15) is 28.1 Å². The third-order valence-electron chi connectivity index (χ3n) is 3.47. The van der Waals surface area contributed by atoms with Crippen LogP contribution in [0.5, 0.6) is 0 Å². The average molecular weight is 257 g/mol. The summed E-state index contributed by atoms with van der Waals surface area (Å²) in [7, 11) is 0. The van der Waals surface area contributed by atoms with Gasteiger partial charge in [-0.3, -0.25) is 4.79 Å². The zero-order chi connectivity index (χ0) is 14.2. The van der Waals surface area contributed by atoms with Gasteiger partial charge >= 0.3 is 5.97 Å². The summed E-state index contributed by atoms with van der Waals surface area (Å²) in [6, 6.07) is 8.28. The molecule has 0 aliphatic carbocycles. The highest BCUT2D eigenvalue weighted by molar-refractivity contribution is 5.71. The minimum Gasteiger partial charge on any atom is -0.481 e. The van der Waals surface area contributed by atoms with Gasteiger partial charge in [-0.25, -0.2) is 0 Å². The molecule has 2 rings (SSSR count). The molecule has 100 valence electrons. The zero-order valence-electron chi connectivity index (χ0n) is 11.8. The van der Waals surface area contributed by atoms with Gasteiger partial charge in [0.25, 0.3) is 0 Å². The van der Waals surface area contributed by atoms with Crippen LogP contribution in [0.4, 0.5) is 0 Å². The largest absolute Gasteiger partial charge is 0.481 e. The van der Waals surface area contributed by atoms with E-state index in [9.17, 15) is 4.79 Å². The standard InChI is InChI=1S/C16H19NO2/c1-10-5-6-15(11(2)7-10)17-12(3)8-14(13(17)4)9-16(18)19/h5-8H,9H2,1-4H3,(H,18,19). The Balaban J connectivity index is 2.56. The van der Waals surface area contributed by atoms with Crippen LogP contribution >= 0.6 is 0 Å². The van der Waals surface area contributed by atoms with Gasteiger partial charge in [-0.05, 0) is 51.0 Å². The molecule has 0 spiro atoms. The Labute approximate surface area is 113 Å². The van der Waals surface area contributed by atoms with Crippen molar-refractivity contribution in [3.63, 3.8) is 0 Å². The van der Waals surface area contributed by atoms with Crippen molar-refractivity contribution in [2.75, 3.05) is 0 Å². The quantitative estimate of drug-likeness (QED) is 0.916.